The standard InChI is InChI=1S/C20H27F3N2O4S/c1-18(2,3)28-16(26)24-15(30-7)25(17(27)29-19(4,5)6)12-13-8-10-14(11-9-13)20(21,22)23/h8-11H,12H2,1-7H3/b24-15+. The fourth-order valence-electron chi connectivity index (χ4n) is 2.09. The summed E-state index contributed by atoms with van der Waals surface area (Å²) in [6.45, 7) is 9.89. The first-order valence-corrected chi connectivity index (χ1v) is 10.3. The number of carbonyl (C=O) groups excluding carboxylic acids is 2. The first-order chi connectivity index (χ1) is 13.5. The summed E-state index contributed by atoms with van der Waals surface area (Å²) in [6.07, 6.45) is -4.55. The summed E-state index contributed by atoms with van der Waals surface area (Å²) in [5.74, 6) is 0. The van der Waals surface area contributed by atoms with Gasteiger partial charge in [0.2, 0.25) is 0 Å². The Hall–Kier alpha value is -2.23. The molecule has 0 aromatic heterocycles. The molecule has 0 fully saturated rings. The Labute approximate surface area is 178 Å². The zero-order valence-electron chi connectivity index (χ0n) is 18.1. The Kier molecular flexibility index (Phi) is 8.36. The molecule has 0 N–H and O–H groups in total. The third kappa shape index (κ3) is 9.06. The van der Waals surface area contributed by atoms with E-state index >= 15 is 0 Å². The number of alkyl halides is 3. The van der Waals surface area contributed by atoms with Gasteiger partial charge >= 0.3 is 18.4 Å². The zero-order valence-corrected chi connectivity index (χ0v) is 18.9. The lowest BCUT2D eigenvalue weighted by atomic mass is 10.1. The minimum atomic E-state index is -4.47. The molecule has 10 heteroatoms. The molecule has 0 spiro atoms. The molecule has 1 rings (SSSR count). The molecule has 2 amide bonds. The molecule has 1 aromatic rings. The molecule has 0 bridgehead atoms. The van der Waals surface area contributed by atoms with Crippen molar-refractivity contribution >= 4 is 29.1 Å². The molecular formula is C20H27F3N2O4S. The highest BCUT2D eigenvalue weighted by Gasteiger charge is 2.31. The number of halogens is 3. The van der Waals surface area contributed by atoms with Gasteiger partial charge in [-0.1, -0.05) is 23.9 Å². The number of thioether (sulfide) groups is 1. The van der Waals surface area contributed by atoms with E-state index < -0.39 is 35.1 Å². The van der Waals surface area contributed by atoms with Gasteiger partial charge in [0.1, 0.15) is 11.2 Å². The molecule has 0 unspecified atom stereocenters. The minimum Gasteiger partial charge on any atom is -0.443 e. The van der Waals surface area contributed by atoms with Gasteiger partial charge in [-0.05, 0) is 65.5 Å². The van der Waals surface area contributed by atoms with Gasteiger partial charge in [-0.2, -0.15) is 18.2 Å². The number of ether oxygens (including phenoxy) is 2. The number of amides is 2. The Morgan fingerprint density at radius 3 is 1.87 bits per heavy atom. The van der Waals surface area contributed by atoms with Crippen LogP contribution in [0.1, 0.15) is 52.7 Å². The van der Waals surface area contributed by atoms with Crippen molar-refractivity contribution in [2.45, 2.75) is 65.5 Å². The van der Waals surface area contributed by atoms with E-state index in [9.17, 15) is 22.8 Å². The van der Waals surface area contributed by atoms with E-state index in [0.717, 1.165) is 28.8 Å². The highest BCUT2D eigenvalue weighted by atomic mass is 32.2. The zero-order chi connectivity index (χ0) is 23.3. The van der Waals surface area contributed by atoms with E-state index in [1.807, 2.05) is 0 Å². The van der Waals surface area contributed by atoms with E-state index in [4.69, 9.17) is 9.47 Å². The molecule has 168 valence electrons. The fraction of sp³-hybridized carbons (Fsp3) is 0.550. The van der Waals surface area contributed by atoms with Crippen molar-refractivity contribution in [3.05, 3.63) is 35.4 Å². The lowest BCUT2D eigenvalue weighted by Gasteiger charge is -2.27. The molecule has 6 nitrogen and oxygen atoms in total. The van der Waals surface area contributed by atoms with Crippen LogP contribution in [0.3, 0.4) is 0 Å². The first kappa shape index (κ1) is 25.8. The molecule has 0 aliphatic carbocycles. The van der Waals surface area contributed by atoms with Crippen molar-refractivity contribution in [3.63, 3.8) is 0 Å². The van der Waals surface area contributed by atoms with E-state index in [2.05, 4.69) is 4.99 Å². The first-order valence-electron chi connectivity index (χ1n) is 9.04. The van der Waals surface area contributed by atoms with Crippen LogP contribution in [-0.2, 0) is 22.2 Å². The van der Waals surface area contributed by atoms with Crippen LogP contribution in [-0.4, -0.2) is 39.7 Å². The Balaban J connectivity index is 3.24. The quantitative estimate of drug-likeness (QED) is 0.404. The average Bonchev–Trinajstić information content (AvgIpc) is 2.54. The number of carbonyl (C=O) groups is 2. The molecular weight excluding hydrogens is 421 g/mol. The summed E-state index contributed by atoms with van der Waals surface area (Å²) in [6, 6.07) is 4.36. The maximum Gasteiger partial charge on any atom is 0.436 e. The number of benzene rings is 1. The van der Waals surface area contributed by atoms with Crippen LogP contribution in [0.4, 0.5) is 22.8 Å². The van der Waals surface area contributed by atoms with Gasteiger partial charge in [0, 0.05) is 0 Å². The predicted molar refractivity (Wildman–Crippen MR) is 110 cm³/mol. The molecule has 0 atom stereocenters. The van der Waals surface area contributed by atoms with Crippen molar-refractivity contribution < 1.29 is 32.2 Å². The smallest absolute Gasteiger partial charge is 0.436 e. The Bertz CT molecular complexity index is 779. The highest BCUT2D eigenvalue weighted by molar-refractivity contribution is 8.13. The highest BCUT2D eigenvalue weighted by Crippen LogP contribution is 2.29. The lowest BCUT2D eigenvalue weighted by molar-refractivity contribution is -0.137. The van der Waals surface area contributed by atoms with Crippen molar-refractivity contribution in [1.82, 2.24) is 4.90 Å². The maximum atomic E-state index is 12.8. The van der Waals surface area contributed by atoms with Gasteiger partial charge in [-0.25, -0.2) is 9.59 Å². The summed E-state index contributed by atoms with van der Waals surface area (Å²) >= 11 is 1.01. The van der Waals surface area contributed by atoms with E-state index in [1.54, 1.807) is 47.8 Å². The van der Waals surface area contributed by atoms with Gasteiger partial charge in [-0.3, -0.25) is 4.90 Å². The Morgan fingerprint density at radius 1 is 0.967 bits per heavy atom. The van der Waals surface area contributed by atoms with Crippen LogP contribution in [0, 0.1) is 0 Å². The molecule has 0 aliphatic rings. The third-order valence-corrected chi connectivity index (χ3v) is 3.91. The van der Waals surface area contributed by atoms with Gasteiger partial charge in [0.15, 0.2) is 5.17 Å². The monoisotopic (exact) mass is 448 g/mol. The topological polar surface area (TPSA) is 68.2 Å². The third-order valence-electron chi connectivity index (χ3n) is 3.23. The van der Waals surface area contributed by atoms with Gasteiger partial charge < -0.3 is 9.47 Å². The molecule has 0 aliphatic heterocycles. The summed E-state index contributed by atoms with van der Waals surface area (Å²) < 4.78 is 48.9. The van der Waals surface area contributed by atoms with Crippen molar-refractivity contribution in [2.24, 2.45) is 4.99 Å². The van der Waals surface area contributed by atoms with Gasteiger partial charge in [0.25, 0.3) is 0 Å². The lowest BCUT2D eigenvalue weighted by Crippen LogP contribution is -2.39. The number of hydrogen-bond acceptors (Lipinski definition) is 5. The van der Waals surface area contributed by atoms with E-state index in [0.29, 0.717) is 5.56 Å². The normalized spacial score (nSPS) is 13.1. The molecule has 30 heavy (non-hydrogen) atoms. The number of hydrogen-bond donors (Lipinski definition) is 0. The van der Waals surface area contributed by atoms with Gasteiger partial charge in [0.05, 0.1) is 12.1 Å². The maximum absolute atomic E-state index is 12.8. The second-order valence-corrected chi connectivity index (χ2v) is 9.11. The SMILES string of the molecule is CS/C(=N/C(=O)OC(C)(C)C)N(Cc1ccc(C(F)(F)F)cc1)C(=O)OC(C)(C)C. The minimum absolute atomic E-state index is 0.00148. The molecule has 0 radical (unpaired) electrons. The molecule has 0 saturated carbocycles. The summed E-state index contributed by atoms with van der Waals surface area (Å²) in [5.41, 5.74) is -2.01. The number of rotatable bonds is 2. The summed E-state index contributed by atoms with van der Waals surface area (Å²) in [4.78, 5) is 29.8. The van der Waals surface area contributed by atoms with Crippen molar-refractivity contribution in [2.75, 3.05) is 6.26 Å². The van der Waals surface area contributed by atoms with Crippen LogP contribution < -0.4 is 0 Å². The van der Waals surface area contributed by atoms with E-state index in [1.165, 1.54) is 12.1 Å². The van der Waals surface area contributed by atoms with Crippen molar-refractivity contribution in [3.8, 4) is 0 Å². The molecule has 0 heterocycles. The van der Waals surface area contributed by atoms with Gasteiger partial charge in [-0.15, -0.1) is 0 Å². The fourth-order valence-corrected chi connectivity index (χ4v) is 2.61. The van der Waals surface area contributed by atoms with Crippen LogP contribution in [0.15, 0.2) is 29.3 Å². The summed E-state index contributed by atoms with van der Waals surface area (Å²) in [5, 5.41) is -0.00148. The summed E-state index contributed by atoms with van der Waals surface area (Å²) in [7, 11) is 0. The number of aliphatic imine (C=N–C) groups is 1. The predicted octanol–water partition coefficient (Wildman–Crippen LogP) is 6.10. The molecule has 0 saturated heterocycles. The second kappa shape index (κ2) is 9.72. The van der Waals surface area contributed by atoms with E-state index in [-0.39, 0.29) is 11.7 Å². The molecule has 1 aromatic carbocycles. The van der Waals surface area contributed by atoms with Crippen LogP contribution in [0.25, 0.3) is 0 Å². The second-order valence-electron chi connectivity index (χ2n) is 8.34. The van der Waals surface area contributed by atoms with Crippen LogP contribution >= 0.6 is 11.8 Å². The number of amidine groups is 1. The van der Waals surface area contributed by atoms with Crippen molar-refractivity contribution in [1.29, 1.82) is 0 Å². The Morgan fingerprint density at radius 2 is 1.47 bits per heavy atom. The van der Waals surface area contributed by atoms with Crippen LogP contribution in [0.5, 0.6) is 0 Å². The van der Waals surface area contributed by atoms with Crippen LogP contribution in [0.2, 0.25) is 0 Å². The largest absolute Gasteiger partial charge is 0.443 e. The number of nitrogens with zero attached hydrogens (tertiary/aromatic N) is 2. The average molecular weight is 449 g/mol.